The van der Waals surface area contributed by atoms with E-state index in [-0.39, 0.29) is 11.0 Å². The Labute approximate surface area is 187 Å². The molecule has 150 valence electrons. The number of anilines is 1. The molecule has 4 rings (SSSR count). The molecule has 30 heavy (non-hydrogen) atoms. The summed E-state index contributed by atoms with van der Waals surface area (Å²) in [5, 5.41) is 5.91. The van der Waals surface area contributed by atoms with Crippen LogP contribution in [-0.2, 0) is 0 Å². The van der Waals surface area contributed by atoms with E-state index < -0.39 is 0 Å². The molecule has 0 radical (unpaired) electrons. The standard InChI is InChI=1S/C23H18BrN3O2S/c1-13-9-14(2)11-16(10-13)22-26-19-12-18(7-8-20(19)29-22)25-23(30)27-21(28)15-3-5-17(24)6-4-15/h3-12H,1-2H3,(H2,25,27,28,30). The molecule has 5 nitrogen and oxygen atoms in total. The molecule has 7 heteroatoms. The van der Waals surface area contributed by atoms with Crippen molar-refractivity contribution in [2.75, 3.05) is 5.32 Å². The summed E-state index contributed by atoms with van der Waals surface area (Å²) >= 11 is 8.62. The topological polar surface area (TPSA) is 67.2 Å². The summed E-state index contributed by atoms with van der Waals surface area (Å²) in [4.78, 5) is 16.9. The zero-order valence-corrected chi connectivity index (χ0v) is 18.7. The quantitative estimate of drug-likeness (QED) is 0.352. The van der Waals surface area contributed by atoms with Crippen molar-refractivity contribution >= 4 is 56.0 Å². The number of nitrogens with zero attached hydrogens (tertiary/aromatic N) is 1. The smallest absolute Gasteiger partial charge is 0.257 e. The molecule has 0 atom stereocenters. The molecule has 1 heterocycles. The molecule has 3 aromatic carbocycles. The van der Waals surface area contributed by atoms with E-state index in [0.717, 1.165) is 21.2 Å². The van der Waals surface area contributed by atoms with Crippen LogP contribution in [0.25, 0.3) is 22.6 Å². The molecule has 0 bridgehead atoms. The Bertz CT molecular complexity index is 1250. The van der Waals surface area contributed by atoms with Gasteiger partial charge in [0, 0.05) is 21.3 Å². The molecular formula is C23H18BrN3O2S. The summed E-state index contributed by atoms with van der Waals surface area (Å²) in [5.74, 6) is 0.291. The van der Waals surface area contributed by atoms with Crippen LogP contribution in [0.1, 0.15) is 21.5 Å². The molecule has 0 aliphatic heterocycles. The molecular weight excluding hydrogens is 462 g/mol. The van der Waals surface area contributed by atoms with Gasteiger partial charge in [-0.05, 0) is 80.7 Å². The van der Waals surface area contributed by atoms with Crippen molar-refractivity contribution < 1.29 is 9.21 Å². The van der Waals surface area contributed by atoms with E-state index in [1.165, 1.54) is 0 Å². The number of oxazole rings is 1. The van der Waals surface area contributed by atoms with Crippen molar-refractivity contribution in [3.8, 4) is 11.5 Å². The van der Waals surface area contributed by atoms with Gasteiger partial charge in [-0.1, -0.05) is 33.1 Å². The van der Waals surface area contributed by atoms with Crippen LogP contribution in [0.2, 0.25) is 0 Å². The fourth-order valence-electron chi connectivity index (χ4n) is 3.17. The van der Waals surface area contributed by atoms with E-state index in [1.54, 1.807) is 24.3 Å². The van der Waals surface area contributed by atoms with Crippen molar-refractivity contribution in [2.24, 2.45) is 0 Å². The number of benzene rings is 3. The Morgan fingerprint density at radius 2 is 1.70 bits per heavy atom. The van der Waals surface area contributed by atoms with E-state index in [0.29, 0.717) is 28.2 Å². The fourth-order valence-corrected chi connectivity index (χ4v) is 3.64. The number of rotatable bonds is 3. The van der Waals surface area contributed by atoms with E-state index >= 15 is 0 Å². The average Bonchev–Trinajstić information content (AvgIpc) is 3.11. The second-order valence-electron chi connectivity index (χ2n) is 6.99. The normalized spacial score (nSPS) is 10.8. The van der Waals surface area contributed by atoms with Crippen LogP contribution in [0.4, 0.5) is 5.69 Å². The lowest BCUT2D eigenvalue weighted by Gasteiger charge is -2.09. The van der Waals surface area contributed by atoms with Gasteiger partial charge < -0.3 is 9.73 Å². The van der Waals surface area contributed by atoms with Crippen LogP contribution >= 0.6 is 28.1 Å². The minimum atomic E-state index is -0.278. The number of halogens is 1. The lowest BCUT2D eigenvalue weighted by atomic mass is 10.1. The molecule has 0 aliphatic rings. The third-order valence-corrected chi connectivity index (χ3v) is 5.18. The van der Waals surface area contributed by atoms with Gasteiger partial charge in [0.15, 0.2) is 10.7 Å². The van der Waals surface area contributed by atoms with Gasteiger partial charge >= 0.3 is 0 Å². The van der Waals surface area contributed by atoms with Crippen molar-refractivity contribution in [3.05, 3.63) is 81.8 Å². The van der Waals surface area contributed by atoms with Crippen LogP contribution in [0.3, 0.4) is 0 Å². The number of aromatic nitrogens is 1. The molecule has 0 spiro atoms. The number of fused-ring (bicyclic) bond motifs is 1. The predicted molar refractivity (Wildman–Crippen MR) is 127 cm³/mol. The third kappa shape index (κ3) is 4.58. The maximum absolute atomic E-state index is 12.3. The molecule has 0 aliphatic carbocycles. The highest BCUT2D eigenvalue weighted by molar-refractivity contribution is 9.10. The van der Waals surface area contributed by atoms with Crippen LogP contribution < -0.4 is 10.6 Å². The number of hydrogen-bond acceptors (Lipinski definition) is 4. The largest absolute Gasteiger partial charge is 0.436 e. The summed E-state index contributed by atoms with van der Waals surface area (Å²) in [7, 11) is 0. The molecule has 0 unspecified atom stereocenters. The summed E-state index contributed by atoms with van der Waals surface area (Å²) < 4.78 is 6.81. The summed E-state index contributed by atoms with van der Waals surface area (Å²) in [6, 6.07) is 18.7. The third-order valence-electron chi connectivity index (χ3n) is 4.45. The van der Waals surface area contributed by atoms with Crippen molar-refractivity contribution in [3.63, 3.8) is 0 Å². The predicted octanol–water partition coefficient (Wildman–Crippen LogP) is 6.00. The van der Waals surface area contributed by atoms with E-state index in [1.807, 2.05) is 44.2 Å². The number of carbonyl (C=O) groups excluding carboxylic acids is 1. The second-order valence-corrected chi connectivity index (χ2v) is 8.32. The Hall–Kier alpha value is -3.03. The van der Waals surface area contributed by atoms with Gasteiger partial charge in [-0.15, -0.1) is 0 Å². The summed E-state index contributed by atoms with van der Waals surface area (Å²) in [6.07, 6.45) is 0. The first kappa shape index (κ1) is 20.3. The summed E-state index contributed by atoms with van der Waals surface area (Å²) in [6.45, 7) is 4.09. The molecule has 1 aromatic heterocycles. The van der Waals surface area contributed by atoms with E-state index in [9.17, 15) is 4.79 Å². The van der Waals surface area contributed by atoms with Gasteiger partial charge in [0.25, 0.3) is 5.91 Å². The minimum Gasteiger partial charge on any atom is -0.436 e. The fraction of sp³-hybridized carbons (Fsp3) is 0.0870. The van der Waals surface area contributed by atoms with E-state index in [2.05, 4.69) is 37.6 Å². The monoisotopic (exact) mass is 479 g/mol. The SMILES string of the molecule is Cc1cc(C)cc(-c2nc3cc(NC(=S)NC(=O)c4ccc(Br)cc4)ccc3o2)c1. The Morgan fingerprint density at radius 1 is 1.00 bits per heavy atom. The van der Waals surface area contributed by atoms with Crippen LogP contribution in [0.15, 0.2) is 69.6 Å². The molecule has 0 saturated heterocycles. The number of nitrogens with one attached hydrogen (secondary N) is 2. The highest BCUT2D eigenvalue weighted by Crippen LogP contribution is 2.27. The van der Waals surface area contributed by atoms with Gasteiger partial charge in [0.1, 0.15) is 5.52 Å². The number of thiocarbonyl (C=S) groups is 1. The molecule has 2 N–H and O–H groups in total. The first-order valence-electron chi connectivity index (χ1n) is 9.24. The molecule has 0 saturated carbocycles. The first-order valence-corrected chi connectivity index (χ1v) is 10.4. The number of hydrogen-bond donors (Lipinski definition) is 2. The van der Waals surface area contributed by atoms with Gasteiger partial charge in [0.2, 0.25) is 5.89 Å². The Balaban J connectivity index is 1.50. The zero-order valence-electron chi connectivity index (χ0n) is 16.3. The number of amides is 1. The van der Waals surface area contributed by atoms with Gasteiger partial charge in [-0.25, -0.2) is 4.98 Å². The molecule has 1 amide bonds. The average molecular weight is 480 g/mol. The first-order chi connectivity index (χ1) is 14.4. The zero-order chi connectivity index (χ0) is 21.3. The van der Waals surface area contributed by atoms with E-state index in [4.69, 9.17) is 16.6 Å². The van der Waals surface area contributed by atoms with Crippen LogP contribution in [-0.4, -0.2) is 16.0 Å². The minimum absolute atomic E-state index is 0.209. The van der Waals surface area contributed by atoms with Gasteiger partial charge in [-0.3, -0.25) is 10.1 Å². The van der Waals surface area contributed by atoms with Crippen molar-refractivity contribution in [1.29, 1.82) is 0 Å². The van der Waals surface area contributed by atoms with Crippen LogP contribution in [0.5, 0.6) is 0 Å². The van der Waals surface area contributed by atoms with Crippen molar-refractivity contribution in [1.82, 2.24) is 10.3 Å². The lowest BCUT2D eigenvalue weighted by Crippen LogP contribution is -2.34. The Morgan fingerprint density at radius 3 is 2.40 bits per heavy atom. The highest BCUT2D eigenvalue weighted by Gasteiger charge is 2.11. The lowest BCUT2D eigenvalue weighted by molar-refractivity contribution is 0.0977. The second kappa shape index (κ2) is 8.38. The number of aryl methyl sites for hydroxylation is 2. The van der Waals surface area contributed by atoms with Crippen LogP contribution in [0, 0.1) is 13.8 Å². The highest BCUT2D eigenvalue weighted by atomic mass is 79.9. The molecule has 4 aromatic rings. The van der Waals surface area contributed by atoms with Gasteiger partial charge in [-0.2, -0.15) is 0 Å². The summed E-state index contributed by atoms with van der Waals surface area (Å²) in [5.41, 5.74) is 5.87. The molecule has 0 fully saturated rings. The van der Waals surface area contributed by atoms with Gasteiger partial charge in [0.05, 0.1) is 0 Å². The van der Waals surface area contributed by atoms with Crippen molar-refractivity contribution in [2.45, 2.75) is 13.8 Å². The maximum atomic E-state index is 12.3. The number of carbonyl (C=O) groups is 1. The Kier molecular flexibility index (Phi) is 5.65. The maximum Gasteiger partial charge on any atom is 0.257 e.